The molecular weight excluding hydrogens is 1160 g/mol. The van der Waals surface area contributed by atoms with E-state index in [9.17, 15) is 43.2 Å². The van der Waals surface area contributed by atoms with Crippen molar-refractivity contribution in [3.8, 4) is 0 Å². The number of hydrogen-bond donors (Lipinski definition) is 3. The number of esters is 4. The minimum absolute atomic E-state index is 0.102. The van der Waals surface area contributed by atoms with Crippen LogP contribution in [0.2, 0.25) is 0 Å². The van der Waals surface area contributed by atoms with Gasteiger partial charge in [-0.05, 0) is 49.4 Å². The molecule has 0 saturated heterocycles. The molecule has 522 valence electrons. The molecule has 88 heavy (non-hydrogen) atoms. The molecule has 0 amide bonds. The van der Waals surface area contributed by atoms with E-state index in [4.69, 9.17) is 37.0 Å². The molecule has 0 bridgehead atoms. The van der Waals surface area contributed by atoms with Crippen molar-refractivity contribution < 1.29 is 80.2 Å². The average molecular weight is 1300 g/mol. The summed E-state index contributed by atoms with van der Waals surface area (Å²) >= 11 is 0. The summed E-state index contributed by atoms with van der Waals surface area (Å²) in [5, 5.41) is 10.6. The third-order valence-electron chi connectivity index (χ3n) is 16.2. The molecule has 0 saturated carbocycles. The van der Waals surface area contributed by atoms with Crippen molar-refractivity contribution >= 4 is 39.5 Å². The molecule has 6 atom stereocenters. The van der Waals surface area contributed by atoms with Gasteiger partial charge in [-0.15, -0.1) is 0 Å². The number of ether oxygens (including phenoxy) is 4. The Morgan fingerprint density at radius 1 is 0.318 bits per heavy atom. The van der Waals surface area contributed by atoms with Gasteiger partial charge in [0.05, 0.1) is 26.4 Å². The predicted octanol–water partition coefficient (Wildman–Crippen LogP) is 19.3. The number of aliphatic hydroxyl groups excluding tert-OH is 1. The van der Waals surface area contributed by atoms with E-state index < -0.39 is 97.5 Å². The van der Waals surface area contributed by atoms with Gasteiger partial charge in [-0.3, -0.25) is 37.3 Å². The van der Waals surface area contributed by atoms with Gasteiger partial charge in [-0.1, -0.05) is 287 Å². The highest BCUT2D eigenvalue weighted by atomic mass is 31.2. The van der Waals surface area contributed by atoms with E-state index in [2.05, 4.69) is 55.4 Å². The molecule has 0 rings (SSSR count). The van der Waals surface area contributed by atoms with Crippen LogP contribution in [0.3, 0.4) is 0 Å². The first kappa shape index (κ1) is 86.1. The Morgan fingerprint density at radius 2 is 0.545 bits per heavy atom. The summed E-state index contributed by atoms with van der Waals surface area (Å²) in [6, 6.07) is 0. The van der Waals surface area contributed by atoms with Gasteiger partial charge in [0, 0.05) is 25.7 Å². The summed E-state index contributed by atoms with van der Waals surface area (Å²) in [7, 11) is -9.90. The first-order valence-electron chi connectivity index (χ1n) is 35.7. The predicted molar refractivity (Wildman–Crippen MR) is 354 cm³/mol. The molecule has 0 aromatic carbocycles. The Hall–Kier alpha value is -1.94. The smallest absolute Gasteiger partial charge is 0.462 e. The maximum atomic E-state index is 13.0. The van der Waals surface area contributed by atoms with Crippen molar-refractivity contribution in [1.82, 2.24) is 0 Å². The second-order valence-corrected chi connectivity index (χ2v) is 29.5. The fraction of sp³-hybridized carbons (Fsp3) is 0.942. The molecule has 0 aromatic heterocycles. The van der Waals surface area contributed by atoms with Crippen LogP contribution in [0.4, 0.5) is 0 Å². The molecule has 0 aromatic rings. The highest BCUT2D eigenvalue weighted by Crippen LogP contribution is 2.45. The number of hydrogen-bond acceptors (Lipinski definition) is 15. The fourth-order valence-electron chi connectivity index (χ4n) is 10.3. The Morgan fingerprint density at radius 3 is 0.807 bits per heavy atom. The number of carbonyl (C=O) groups excluding carboxylic acids is 4. The summed E-state index contributed by atoms with van der Waals surface area (Å²) < 4.78 is 68.2. The van der Waals surface area contributed by atoms with Crippen LogP contribution in [0.1, 0.15) is 338 Å². The van der Waals surface area contributed by atoms with E-state index in [0.29, 0.717) is 31.6 Å². The van der Waals surface area contributed by atoms with Crippen molar-refractivity contribution in [2.45, 2.75) is 356 Å². The van der Waals surface area contributed by atoms with E-state index in [1.54, 1.807) is 0 Å². The van der Waals surface area contributed by atoms with Crippen molar-refractivity contribution in [3.05, 3.63) is 0 Å². The normalized spacial score (nSPS) is 14.6. The van der Waals surface area contributed by atoms with Gasteiger partial charge in [0.25, 0.3) is 0 Å². The molecule has 0 aliphatic rings. The summed E-state index contributed by atoms with van der Waals surface area (Å²) in [5.41, 5.74) is 0. The Balaban J connectivity index is 5.25. The summed E-state index contributed by atoms with van der Waals surface area (Å²) in [6.45, 7) is 14.0. The number of rotatable bonds is 66. The van der Waals surface area contributed by atoms with Crippen LogP contribution in [0.15, 0.2) is 0 Å². The molecular formula is C69H134O17P2. The van der Waals surface area contributed by atoms with Crippen LogP contribution in [-0.2, 0) is 65.4 Å². The topological polar surface area (TPSA) is 237 Å². The van der Waals surface area contributed by atoms with E-state index in [0.717, 1.165) is 114 Å². The molecule has 0 radical (unpaired) electrons. The lowest BCUT2D eigenvalue weighted by atomic mass is 10.00. The second kappa shape index (κ2) is 58.8. The van der Waals surface area contributed by atoms with Gasteiger partial charge in [0.15, 0.2) is 12.2 Å². The van der Waals surface area contributed by atoms with Crippen LogP contribution >= 0.6 is 15.6 Å². The lowest BCUT2D eigenvalue weighted by Gasteiger charge is -2.21. The van der Waals surface area contributed by atoms with Crippen LogP contribution in [0, 0.1) is 23.7 Å². The van der Waals surface area contributed by atoms with Crippen molar-refractivity contribution in [2.24, 2.45) is 23.7 Å². The van der Waals surface area contributed by atoms with Crippen molar-refractivity contribution in [2.75, 3.05) is 39.6 Å². The van der Waals surface area contributed by atoms with Crippen LogP contribution in [0.5, 0.6) is 0 Å². The summed E-state index contributed by atoms with van der Waals surface area (Å²) in [6.07, 6.45) is 40.4. The summed E-state index contributed by atoms with van der Waals surface area (Å²) in [5.74, 6) is 0.825. The first-order valence-corrected chi connectivity index (χ1v) is 38.7. The monoisotopic (exact) mass is 1300 g/mol. The molecule has 0 aliphatic heterocycles. The molecule has 3 N–H and O–H groups in total. The number of phosphoric ester groups is 2. The van der Waals surface area contributed by atoms with E-state index >= 15 is 0 Å². The maximum absolute atomic E-state index is 13.0. The standard InChI is InChI=1S/C69H134O17P2/c1-9-62(8)48-40-32-27-28-36-44-52-69(74)86-65(56-80-67(72)50-42-34-26-20-23-31-39-47-61(6)7)58-84-88(77,78)82-54-63(70)53-81-87(75,76)83-57-64(85-68(73)51-43-35-25-19-15-14-17-22-30-38-46-60(4)5)55-79-66(71)49-41-33-24-18-13-11-10-12-16-21-29-37-45-59(2)3/h59-65,70H,9-58H2,1-8H3,(H,75,76)(H,77,78)/t62?,63?,64-,65-/m1/s1. The highest BCUT2D eigenvalue weighted by Gasteiger charge is 2.30. The molecule has 0 spiro atoms. The minimum Gasteiger partial charge on any atom is -0.462 e. The maximum Gasteiger partial charge on any atom is 0.472 e. The number of carbonyl (C=O) groups is 4. The molecule has 0 fully saturated rings. The molecule has 0 heterocycles. The quantitative estimate of drug-likeness (QED) is 0.0222. The summed E-state index contributed by atoms with van der Waals surface area (Å²) in [4.78, 5) is 72.5. The largest absolute Gasteiger partial charge is 0.472 e. The third kappa shape index (κ3) is 61.6. The van der Waals surface area contributed by atoms with E-state index in [-0.39, 0.29) is 25.7 Å². The molecule has 17 nitrogen and oxygen atoms in total. The second-order valence-electron chi connectivity index (χ2n) is 26.6. The third-order valence-corrected chi connectivity index (χ3v) is 18.1. The van der Waals surface area contributed by atoms with Crippen LogP contribution < -0.4 is 0 Å². The van der Waals surface area contributed by atoms with Crippen molar-refractivity contribution in [1.29, 1.82) is 0 Å². The van der Waals surface area contributed by atoms with Gasteiger partial charge in [-0.2, -0.15) is 0 Å². The van der Waals surface area contributed by atoms with Crippen molar-refractivity contribution in [3.63, 3.8) is 0 Å². The van der Waals surface area contributed by atoms with Gasteiger partial charge in [0.2, 0.25) is 0 Å². The number of phosphoric acid groups is 2. The fourth-order valence-corrected chi connectivity index (χ4v) is 11.9. The number of unbranched alkanes of at least 4 members (excludes halogenated alkanes) is 31. The average Bonchev–Trinajstić information content (AvgIpc) is 3.70. The zero-order valence-electron chi connectivity index (χ0n) is 57.3. The van der Waals surface area contributed by atoms with Gasteiger partial charge < -0.3 is 33.8 Å². The zero-order valence-corrected chi connectivity index (χ0v) is 59.1. The van der Waals surface area contributed by atoms with E-state index in [1.165, 1.54) is 135 Å². The highest BCUT2D eigenvalue weighted by molar-refractivity contribution is 7.47. The Bertz CT molecular complexity index is 1750. The zero-order chi connectivity index (χ0) is 65.4. The molecule has 0 aliphatic carbocycles. The lowest BCUT2D eigenvalue weighted by Crippen LogP contribution is -2.30. The van der Waals surface area contributed by atoms with Gasteiger partial charge in [0.1, 0.15) is 19.3 Å². The molecule has 4 unspecified atom stereocenters. The van der Waals surface area contributed by atoms with Gasteiger partial charge >= 0.3 is 39.5 Å². The SMILES string of the molecule is CCC(C)CCCCCCCCC(=O)O[C@H](COC(=O)CCCCCCCCCC(C)C)COP(=O)(O)OCC(O)COP(=O)(O)OC[C@@H](COC(=O)CCCCCCCCCCCCCCC(C)C)OC(=O)CCCCCCCCCCCCC(C)C. The minimum atomic E-state index is -4.95. The Kier molecular flexibility index (Phi) is 57.6. The van der Waals surface area contributed by atoms with Gasteiger partial charge in [-0.25, -0.2) is 9.13 Å². The Labute approximate surface area is 537 Å². The number of aliphatic hydroxyl groups is 1. The molecule has 19 heteroatoms. The van der Waals surface area contributed by atoms with Crippen LogP contribution in [0.25, 0.3) is 0 Å². The first-order chi connectivity index (χ1) is 42.1. The van der Waals surface area contributed by atoms with E-state index in [1.807, 2.05) is 0 Å². The lowest BCUT2D eigenvalue weighted by molar-refractivity contribution is -0.161. The van der Waals surface area contributed by atoms with Crippen LogP contribution in [-0.4, -0.2) is 96.7 Å².